The Morgan fingerprint density at radius 2 is 1.83 bits per heavy atom. The summed E-state index contributed by atoms with van der Waals surface area (Å²) in [5, 5.41) is 0. The highest BCUT2D eigenvalue weighted by Gasteiger charge is 2.28. The van der Waals surface area contributed by atoms with Gasteiger partial charge in [0.15, 0.2) is 0 Å². The van der Waals surface area contributed by atoms with Gasteiger partial charge in [-0.05, 0) is 56.2 Å². The van der Waals surface area contributed by atoms with Crippen LogP contribution in [0.15, 0.2) is 58.0 Å². The molecule has 0 saturated heterocycles. The molecular weight excluding hydrogens is 392 g/mol. The van der Waals surface area contributed by atoms with Gasteiger partial charge in [0.2, 0.25) is 10.0 Å². The third-order valence-electron chi connectivity index (χ3n) is 4.70. The number of hydrogen-bond acceptors (Lipinski definition) is 5. The Bertz CT molecular complexity index is 1070. The van der Waals surface area contributed by atoms with Gasteiger partial charge in [-0.3, -0.25) is 0 Å². The number of furan rings is 1. The molecule has 0 aliphatic heterocycles. The molecule has 1 N–H and O–H groups in total. The van der Waals surface area contributed by atoms with E-state index in [9.17, 15) is 13.2 Å². The lowest BCUT2D eigenvalue weighted by atomic mass is 10.1. The minimum Gasteiger partial charge on any atom is -0.468 e. The molecule has 0 fully saturated rings. The van der Waals surface area contributed by atoms with Gasteiger partial charge >= 0.3 is 5.97 Å². The van der Waals surface area contributed by atoms with Gasteiger partial charge < -0.3 is 14.1 Å². The fourth-order valence-electron chi connectivity index (χ4n) is 3.15. The van der Waals surface area contributed by atoms with Gasteiger partial charge in [-0.25, -0.2) is 13.2 Å². The van der Waals surface area contributed by atoms with Gasteiger partial charge in [0.25, 0.3) is 0 Å². The number of nitrogens with one attached hydrogen (secondary N) is 1. The molecule has 154 valence electrons. The number of sulfonamides is 1. The standard InChI is InChI=1S/C21H24N2O5S/c1-4-27-21(24)20-15(2)19(16(3)22-20)14-23(13-17-9-8-12-28-17)29(25,26)18-10-6-5-7-11-18/h5-12,22H,4,13-14H2,1-3H3. The molecular formula is C21H24N2O5S. The summed E-state index contributed by atoms with van der Waals surface area (Å²) in [4.78, 5) is 15.4. The molecule has 1 aromatic carbocycles. The molecule has 8 heteroatoms. The highest BCUT2D eigenvalue weighted by molar-refractivity contribution is 7.89. The number of benzene rings is 1. The number of rotatable bonds is 8. The number of aryl methyl sites for hydroxylation is 1. The van der Waals surface area contributed by atoms with Crippen molar-refractivity contribution in [1.82, 2.24) is 9.29 Å². The van der Waals surface area contributed by atoms with E-state index in [1.54, 1.807) is 56.3 Å². The molecule has 0 spiro atoms. The van der Waals surface area contributed by atoms with E-state index in [0.29, 0.717) is 17.0 Å². The minimum absolute atomic E-state index is 0.0724. The zero-order valence-electron chi connectivity index (χ0n) is 16.6. The SMILES string of the molecule is CCOC(=O)c1[nH]c(C)c(CN(Cc2ccco2)S(=O)(=O)c2ccccc2)c1C. The number of ether oxygens (including phenoxy) is 1. The first-order valence-electron chi connectivity index (χ1n) is 9.27. The molecule has 2 heterocycles. The second-order valence-corrected chi connectivity index (χ2v) is 8.55. The van der Waals surface area contributed by atoms with Crippen molar-refractivity contribution in [1.29, 1.82) is 0 Å². The first kappa shape index (κ1) is 20.9. The maximum absolute atomic E-state index is 13.3. The molecule has 0 aliphatic carbocycles. The summed E-state index contributed by atoms with van der Waals surface area (Å²) in [7, 11) is -3.79. The maximum atomic E-state index is 13.3. The van der Waals surface area contributed by atoms with E-state index in [1.165, 1.54) is 10.6 Å². The quantitative estimate of drug-likeness (QED) is 0.564. The molecule has 0 bridgehead atoms. The summed E-state index contributed by atoms with van der Waals surface area (Å²) in [5.41, 5.74) is 2.47. The molecule has 29 heavy (non-hydrogen) atoms. The van der Waals surface area contributed by atoms with Crippen LogP contribution in [0, 0.1) is 13.8 Å². The number of carbonyl (C=O) groups excluding carboxylic acids is 1. The summed E-state index contributed by atoms with van der Waals surface area (Å²) in [6, 6.07) is 11.7. The summed E-state index contributed by atoms with van der Waals surface area (Å²) in [6.07, 6.45) is 1.51. The number of aromatic nitrogens is 1. The third kappa shape index (κ3) is 4.44. The van der Waals surface area contributed by atoms with Gasteiger partial charge in [0.05, 0.1) is 24.3 Å². The third-order valence-corrected chi connectivity index (χ3v) is 6.51. The molecule has 3 rings (SSSR count). The number of carbonyl (C=O) groups is 1. The average Bonchev–Trinajstić information content (AvgIpc) is 3.31. The van der Waals surface area contributed by atoms with Gasteiger partial charge in [0, 0.05) is 12.2 Å². The molecule has 0 unspecified atom stereocenters. The monoisotopic (exact) mass is 416 g/mol. The first-order valence-corrected chi connectivity index (χ1v) is 10.7. The molecule has 0 atom stereocenters. The van der Waals surface area contributed by atoms with E-state index in [2.05, 4.69) is 4.98 Å². The van der Waals surface area contributed by atoms with E-state index in [4.69, 9.17) is 9.15 Å². The number of hydrogen-bond donors (Lipinski definition) is 1. The summed E-state index contributed by atoms with van der Waals surface area (Å²) >= 11 is 0. The van der Waals surface area contributed by atoms with Gasteiger partial charge in [-0.1, -0.05) is 18.2 Å². The van der Waals surface area contributed by atoms with Crippen LogP contribution in [-0.2, 0) is 27.8 Å². The van der Waals surface area contributed by atoms with Crippen molar-refractivity contribution in [3.63, 3.8) is 0 Å². The number of esters is 1. The average molecular weight is 416 g/mol. The highest BCUT2D eigenvalue weighted by Crippen LogP contribution is 2.26. The second-order valence-electron chi connectivity index (χ2n) is 6.61. The molecule has 7 nitrogen and oxygen atoms in total. The van der Waals surface area contributed by atoms with Crippen molar-refractivity contribution in [3.8, 4) is 0 Å². The molecule has 0 aliphatic rings. The number of H-pyrrole nitrogens is 1. The summed E-state index contributed by atoms with van der Waals surface area (Å²) in [5.74, 6) is 0.0730. The lowest BCUT2D eigenvalue weighted by Gasteiger charge is -2.22. The minimum atomic E-state index is -3.79. The van der Waals surface area contributed by atoms with Gasteiger partial charge in [-0.15, -0.1) is 0 Å². The summed E-state index contributed by atoms with van der Waals surface area (Å²) < 4.78 is 38.4. The Balaban J connectivity index is 1.99. The second kappa shape index (κ2) is 8.67. The van der Waals surface area contributed by atoms with Crippen molar-refractivity contribution in [2.45, 2.75) is 38.8 Å². The van der Waals surface area contributed by atoms with Crippen LogP contribution in [0.3, 0.4) is 0 Å². The maximum Gasteiger partial charge on any atom is 0.355 e. The zero-order valence-corrected chi connectivity index (χ0v) is 17.5. The fourth-order valence-corrected chi connectivity index (χ4v) is 4.55. The van der Waals surface area contributed by atoms with Crippen molar-refractivity contribution in [2.24, 2.45) is 0 Å². The Hall–Kier alpha value is -2.84. The topological polar surface area (TPSA) is 92.6 Å². The Morgan fingerprint density at radius 1 is 1.10 bits per heavy atom. The van der Waals surface area contributed by atoms with Crippen molar-refractivity contribution >= 4 is 16.0 Å². The fraction of sp³-hybridized carbons (Fsp3) is 0.286. The van der Waals surface area contributed by atoms with E-state index >= 15 is 0 Å². The van der Waals surface area contributed by atoms with Crippen LogP contribution in [0.2, 0.25) is 0 Å². The van der Waals surface area contributed by atoms with Crippen LogP contribution in [0.4, 0.5) is 0 Å². The molecule has 2 aromatic heterocycles. The Labute approximate surface area is 170 Å². The van der Waals surface area contributed by atoms with E-state index < -0.39 is 16.0 Å². The summed E-state index contributed by atoms with van der Waals surface area (Å²) in [6.45, 7) is 5.76. The lowest BCUT2D eigenvalue weighted by molar-refractivity contribution is 0.0519. The predicted molar refractivity (Wildman–Crippen MR) is 108 cm³/mol. The van der Waals surface area contributed by atoms with E-state index in [-0.39, 0.29) is 24.6 Å². The predicted octanol–water partition coefficient (Wildman–Crippen LogP) is 3.79. The number of nitrogens with zero attached hydrogens (tertiary/aromatic N) is 1. The van der Waals surface area contributed by atoms with Crippen molar-refractivity contribution in [3.05, 3.63) is 77.0 Å². The van der Waals surface area contributed by atoms with Crippen LogP contribution in [0.1, 0.15) is 40.0 Å². The lowest BCUT2D eigenvalue weighted by Crippen LogP contribution is -2.30. The van der Waals surface area contributed by atoms with Crippen molar-refractivity contribution < 1.29 is 22.4 Å². The molecule has 3 aromatic rings. The molecule has 0 saturated carbocycles. The van der Waals surface area contributed by atoms with Crippen LogP contribution in [0.25, 0.3) is 0 Å². The van der Waals surface area contributed by atoms with Crippen LogP contribution in [-0.4, -0.2) is 30.3 Å². The smallest absolute Gasteiger partial charge is 0.355 e. The van der Waals surface area contributed by atoms with Gasteiger partial charge in [0.1, 0.15) is 11.5 Å². The van der Waals surface area contributed by atoms with Crippen molar-refractivity contribution in [2.75, 3.05) is 6.61 Å². The van der Waals surface area contributed by atoms with E-state index in [0.717, 1.165) is 11.3 Å². The highest BCUT2D eigenvalue weighted by atomic mass is 32.2. The molecule has 0 radical (unpaired) electrons. The Kier molecular flexibility index (Phi) is 6.24. The van der Waals surface area contributed by atoms with Crippen LogP contribution in [0.5, 0.6) is 0 Å². The normalized spacial score (nSPS) is 11.7. The van der Waals surface area contributed by atoms with Crippen LogP contribution >= 0.6 is 0 Å². The van der Waals surface area contributed by atoms with E-state index in [1.807, 2.05) is 6.92 Å². The zero-order chi connectivity index (χ0) is 21.0. The molecule has 0 amide bonds. The Morgan fingerprint density at radius 3 is 2.45 bits per heavy atom. The van der Waals surface area contributed by atoms with Gasteiger partial charge in [-0.2, -0.15) is 4.31 Å². The number of aromatic amines is 1. The van der Waals surface area contributed by atoms with Crippen LogP contribution < -0.4 is 0 Å². The largest absolute Gasteiger partial charge is 0.468 e. The first-order chi connectivity index (χ1) is 13.8.